The first-order valence-electron chi connectivity index (χ1n) is 9.09. The number of piperazine rings is 1. The van der Waals surface area contributed by atoms with E-state index in [2.05, 4.69) is 21.2 Å². The molecule has 0 unspecified atom stereocenters. The van der Waals surface area contributed by atoms with E-state index in [0.717, 1.165) is 49.3 Å². The number of hydrogen-bond donors (Lipinski definition) is 1. The molecule has 1 N–H and O–H groups in total. The van der Waals surface area contributed by atoms with Gasteiger partial charge in [0.2, 0.25) is 5.91 Å². The van der Waals surface area contributed by atoms with Gasteiger partial charge in [0.05, 0.1) is 4.34 Å². The fourth-order valence-electron chi connectivity index (χ4n) is 3.10. The molecule has 27 heavy (non-hydrogen) atoms. The highest BCUT2D eigenvalue weighted by Gasteiger charge is 2.18. The maximum atomic E-state index is 12.2. The van der Waals surface area contributed by atoms with Crippen LogP contribution in [0.4, 0.5) is 5.69 Å². The molecule has 3 rings (SSSR count). The standard InChI is InChI=1S/C20H24ClN3O2S/c1-15(25)16-2-4-17(5-3-16)22-20(26)8-9-23-10-12-24(13-11-23)14-18-6-7-19(21)27-18/h2-7H,8-14H2,1H3,(H,22,26). The van der Waals surface area contributed by atoms with E-state index in [1.807, 2.05) is 6.07 Å². The lowest BCUT2D eigenvalue weighted by Gasteiger charge is -2.34. The Morgan fingerprint density at radius 2 is 1.70 bits per heavy atom. The van der Waals surface area contributed by atoms with E-state index in [1.165, 1.54) is 11.8 Å². The molecule has 1 aromatic heterocycles. The zero-order chi connectivity index (χ0) is 19.2. The molecule has 0 bridgehead atoms. The van der Waals surface area contributed by atoms with Crippen LogP contribution in [0.15, 0.2) is 36.4 Å². The van der Waals surface area contributed by atoms with Gasteiger partial charge in [0.1, 0.15) is 0 Å². The van der Waals surface area contributed by atoms with Crippen LogP contribution >= 0.6 is 22.9 Å². The Balaban J connectivity index is 1.36. The fraction of sp³-hybridized carbons (Fsp3) is 0.400. The first kappa shape index (κ1) is 20.0. The van der Waals surface area contributed by atoms with Crippen molar-refractivity contribution in [3.8, 4) is 0 Å². The highest BCUT2D eigenvalue weighted by molar-refractivity contribution is 7.16. The Hall–Kier alpha value is -1.73. The number of benzene rings is 1. The van der Waals surface area contributed by atoms with E-state index in [-0.39, 0.29) is 11.7 Å². The molecule has 144 valence electrons. The number of Topliss-reactive ketones (excluding diaryl/α,β-unsaturated/α-hetero) is 1. The quantitative estimate of drug-likeness (QED) is 0.713. The Morgan fingerprint density at radius 1 is 1.04 bits per heavy atom. The number of halogens is 1. The third-order valence-electron chi connectivity index (χ3n) is 4.70. The first-order valence-corrected chi connectivity index (χ1v) is 10.3. The second-order valence-corrected chi connectivity index (χ2v) is 8.55. The molecule has 1 aromatic carbocycles. The van der Waals surface area contributed by atoms with Gasteiger partial charge in [0, 0.05) is 61.8 Å². The van der Waals surface area contributed by atoms with Crippen LogP contribution in [0.1, 0.15) is 28.6 Å². The van der Waals surface area contributed by atoms with Crippen LogP contribution in [-0.4, -0.2) is 54.2 Å². The predicted molar refractivity (Wildman–Crippen MR) is 111 cm³/mol. The monoisotopic (exact) mass is 405 g/mol. The largest absolute Gasteiger partial charge is 0.326 e. The Bertz CT molecular complexity index is 783. The second kappa shape index (κ2) is 9.46. The third-order valence-corrected chi connectivity index (χ3v) is 5.92. The van der Waals surface area contributed by atoms with Gasteiger partial charge >= 0.3 is 0 Å². The van der Waals surface area contributed by atoms with Crippen molar-refractivity contribution in [2.45, 2.75) is 19.9 Å². The summed E-state index contributed by atoms with van der Waals surface area (Å²) in [4.78, 5) is 29.5. The van der Waals surface area contributed by atoms with E-state index in [0.29, 0.717) is 12.0 Å². The van der Waals surface area contributed by atoms with E-state index in [9.17, 15) is 9.59 Å². The van der Waals surface area contributed by atoms with Crippen molar-refractivity contribution in [2.75, 3.05) is 38.0 Å². The molecular formula is C20H24ClN3O2S. The molecule has 1 amide bonds. The van der Waals surface area contributed by atoms with Crippen LogP contribution < -0.4 is 5.32 Å². The minimum absolute atomic E-state index is 0.00114. The molecule has 1 aliphatic heterocycles. The van der Waals surface area contributed by atoms with Gasteiger partial charge in [-0.25, -0.2) is 0 Å². The lowest BCUT2D eigenvalue weighted by Crippen LogP contribution is -2.46. The van der Waals surface area contributed by atoms with Gasteiger partial charge in [-0.05, 0) is 43.3 Å². The number of carbonyl (C=O) groups excluding carboxylic acids is 2. The van der Waals surface area contributed by atoms with Crippen LogP contribution in [0.25, 0.3) is 0 Å². The summed E-state index contributed by atoms with van der Waals surface area (Å²) in [7, 11) is 0. The molecule has 1 aliphatic rings. The molecule has 2 aromatic rings. The highest BCUT2D eigenvalue weighted by Crippen LogP contribution is 2.23. The summed E-state index contributed by atoms with van der Waals surface area (Å²) in [6, 6.07) is 11.0. The molecule has 5 nitrogen and oxygen atoms in total. The molecule has 0 aliphatic carbocycles. The Morgan fingerprint density at radius 3 is 2.30 bits per heavy atom. The predicted octanol–water partition coefficient (Wildman–Crippen LogP) is 3.75. The van der Waals surface area contributed by atoms with Gasteiger partial charge in [-0.3, -0.25) is 14.5 Å². The highest BCUT2D eigenvalue weighted by atomic mass is 35.5. The van der Waals surface area contributed by atoms with E-state index in [4.69, 9.17) is 11.6 Å². The summed E-state index contributed by atoms with van der Waals surface area (Å²) in [5.74, 6) is 0.0235. The van der Waals surface area contributed by atoms with Crippen molar-refractivity contribution in [3.63, 3.8) is 0 Å². The summed E-state index contributed by atoms with van der Waals surface area (Å²) in [6.45, 7) is 7.19. The van der Waals surface area contributed by atoms with Crippen molar-refractivity contribution < 1.29 is 9.59 Å². The number of nitrogens with zero attached hydrogens (tertiary/aromatic N) is 2. The normalized spacial score (nSPS) is 15.6. The maximum Gasteiger partial charge on any atom is 0.225 e. The van der Waals surface area contributed by atoms with E-state index >= 15 is 0 Å². The minimum Gasteiger partial charge on any atom is -0.326 e. The number of nitrogens with one attached hydrogen (secondary N) is 1. The molecule has 1 fully saturated rings. The smallest absolute Gasteiger partial charge is 0.225 e. The second-order valence-electron chi connectivity index (χ2n) is 6.76. The van der Waals surface area contributed by atoms with Gasteiger partial charge in [-0.1, -0.05) is 11.6 Å². The van der Waals surface area contributed by atoms with Crippen molar-refractivity contribution >= 4 is 40.3 Å². The SMILES string of the molecule is CC(=O)c1ccc(NC(=O)CCN2CCN(Cc3ccc(Cl)s3)CC2)cc1. The zero-order valence-electron chi connectivity index (χ0n) is 15.4. The Kier molecular flexibility index (Phi) is 7.01. The molecule has 0 saturated carbocycles. The van der Waals surface area contributed by atoms with Crippen LogP contribution in [0, 0.1) is 0 Å². The van der Waals surface area contributed by atoms with Crippen molar-refractivity contribution in [2.24, 2.45) is 0 Å². The van der Waals surface area contributed by atoms with Gasteiger partial charge in [0.25, 0.3) is 0 Å². The summed E-state index contributed by atoms with van der Waals surface area (Å²) >= 11 is 7.63. The number of ketones is 1. The van der Waals surface area contributed by atoms with E-state index in [1.54, 1.807) is 35.6 Å². The summed E-state index contributed by atoms with van der Waals surface area (Å²) in [6.07, 6.45) is 0.467. The molecule has 0 spiro atoms. The van der Waals surface area contributed by atoms with Crippen LogP contribution in [0.5, 0.6) is 0 Å². The minimum atomic E-state index is 0.00114. The average Bonchev–Trinajstić information content (AvgIpc) is 3.06. The molecule has 2 heterocycles. The zero-order valence-corrected chi connectivity index (χ0v) is 17.0. The summed E-state index contributed by atoms with van der Waals surface area (Å²) in [5, 5.41) is 2.89. The van der Waals surface area contributed by atoms with Crippen LogP contribution in [0.2, 0.25) is 4.34 Å². The number of carbonyl (C=O) groups is 2. The van der Waals surface area contributed by atoms with Crippen LogP contribution in [-0.2, 0) is 11.3 Å². The molecule has 0 radical (unpaired) electrons. The van der Waals surface area contributed by atoms with Crippen molar-refractivity contribution in [1.29, 1.82) is 0 Å². The van der Waals surface area contributed by atoms with Crippen molar-refractivity contribution in [1.82, 2.24) is 9.80 Å². The third kappa shape index (κ3) is 6.14. The molecule has 0 atom stereocenters. The lowest BCUT2D eigenvalue weighted by molar-refractivity contribution is -0.116. The lowest BCUT2D eigenvalue weighted by atomic mass is 10.1. The first-order chi connectivity index (χ1) is 13.0. The van der Waals surface area contributed by atoms with Crippen molar-refractivity contribution in [3.05, 3.63) is 51.2 Å². The summed E-state index contributed by atoms with van der Waals surface area (Å²) in [5.41, 5.74) is 1.38. The molecular weight excluding hydrogens is 382 g/mol. The number of hydrogen-bond acceptors (Lipinski definition) is 5. The fourth-order valence-corrected chi connectivity index (χ4v) is 4.23. The molecule has 7 heteroatoms. The van der Waals surface area contributed by atoms with Gasteiger partial charge < -0.3 is 10.2 Å². The van der Waals surface area contributed by atoms with Gasteiger partial charge in [-0.2, -0.15) is 0 Å². The number of thiophene rings is 1. The topological polar surface area (TPSA) is 52.7 Å². The summed E-state index contributed by atoms with van der Waals surface area (Å²) < 4.78 is 0.839. The van der Waals surface area contributed by atoms with Crippen LogP contribution in [0.3, 0.4) is 0 Å². The Labute approximate surface area is 168 Å². The van der Waals surface area contributed by atoms with Gasteiger partial charge in [0.15, 0.2) is 5.78 Å². The molecule has 1 saturated heterocycles. The van der Waals surface area contributed by atoms with Gasteiger partial charge in [-0.15, -0.1) is 11.3 Å². The number of anilines is 1. The number of rotatable bonds is 7. The van der Waals surface area contributed by atoms with E-state index < -0.39 is 0 Å². The maximum absolute atomic E-state index is 12.2. The average molecular weight is 406 g/mol. The number of amides is 1.